The molecule has 1 aliphatic rings. The third kappa shape index (κ3) is 4.66. The molecule has 2 nitrogen and oxygen atoms in total. The Kier molecular flexibility index (Phi) is 7.19. The van der Waals surface area contributed by atoms with Crippen molar-refractivity contribution in [1.29, 1.82) is 0 Å². The van der Waals surface area contributed by atoms with Crippen LogP contribution in [0.5, 0.6) is 5.75 Å². The molecule has 0 unspecified atom stereocenters. The van der Waals surface area contributed by atoms with Crippen molar-refractivity contribution in [3.63, 3.8) is 0 Å². The number of phenolic OH excluding ortho intramolecular Hbond substituents is 1. The maximum Gasteiger partial charge on any atom is 0.120 e. The summed E-state index contributed by atoms with van der Waals surface area (Å²) < 4.78 is 1.04. The van der Waals surface area contributed by atoms with Crippen molar-refractivity contribution in [1.82, 2.24) is 4.90 Å². The quantitative estimate of drug-likeness (QED) is 0.850. The van der Waals surface area contributed by atoms with Crippen molar-refractivity contribution >= 4 is 28.3 Å². The Balaban J connectivity index is 0.00000180. The lowest BCUT2D eigenvalue weighted by Crippen LogP contribution is -2.36. The van der Waals surface area contributed by atoms with Gasteiger partial charge >= 0.3 is 0 Å². The molecule has 0 radical (unpaired) electrons. The van der Waals surface area contributed by atoms with Crippen LogP contribution < -0.4 is 0 Å². The molecule has 0 spiro atoms. The summed E-state index contributed by atoms with van der Waals surface area (Å²) in [7, 11) is 0. The van der Waals surface area contributed by atoms with Gasteiger partial charge in [0.05, 0.1) is 0 Å². The number of phenols is 1. The number of hydrogen-bond donors (Lipinski definition) is 1. The van der Waals surface area contributed by atoms with Crippen LogP contribution in [0.25, 0.3) is 0 Å². The maximum absolute atomic E-state index is 9.93. The zero-order valence-corrected chi connectivity index (χ0v) is 13.8. The molecular formula is C15H23BrClNO. The van der Waals surface area contributed by atoms with Crippen LogP contribution in [0.3, 0.4) is 0 Å². The van der Waals surface area contributed by atoms with Crippen LogP contribution in [-0.2, 0) is 6.54 Å². The van der Waals surface area contributed by atoms with Gasteiger partial charge in [-0.1, -0.05) is 42.1 Å². The second kappa shape index (κ2) is 8.13. The number of aromatic hydroxyl groups is 1. The van der Waals surface area contributed by atoms with Gasteiger partial charge in [-0.05, 0) is 37.6 Å². The Morgan fingerprint density at radius 2 is 1.95 bits per heavy atom. The van der Waals surface area contributed by atoms with E-state index < -0.39 is 0 Å². The summed E-state index contributed by atoms with van der Waals surface area (Å²) in [5.41, 5.74) is 1.02. The van der Waals surface area contributed by atoms with Crippen molar-refractivity contribution in [2.75, 3.05) is 6.54 Å². The Morgan fingerprint density at radius 3 is 2.58 bits per heavy atom. The second-order valence-electron chi connectivity index (χ2n) is 5.13. The summed E-state index contributed by atoms with van der Waals surface area (Å²) in [4.78, 5) is 2.50. The highest BCUT2D eigenvalue weighted by Gasteiger charge is 2.20. The summed E-state index contributed by atoms with van der Waals surface area (Å²) in [6, 6.07) is 6.38. The van der Waals surface area contributed by atoms with Gasteiger partial charge in [0.2, 0.25) is 0 Å². The summed E-state index contributed by atoms with van der Waals surface area (Å²) in [6.45, 7) is 4.12. The van der Waals surface area contributed by atoms with Gasteiger partial charge in [-0.25, -0.2) is 0 Å². The average Bonchev–Trinajstić information content (AvgIpc) is 2.41. The van der Waals surface area contributed by atoms with Crippen LogP contribution in [-0.4, -0.2) is 22.6 Å². The van der Waals surface area contributed by atoms with E-state index in [4.69, 9.17) is 0 Å². The molecule has 1 aromatic rings. The topological polar surface area (TPSA) is 23.5 Å². The Hall–Kier alpha value is -0.250. The smallest absolute Gasteiger partial charge is 0.120 e. The Bertz CT molecular complexity index is 394. The second-order valence-corrected chi connectivity index (χ2v) is 6.04. The summed E-state index contributed by atoms with van der Waals surface area (Å²) in [6.07, 6.45) is 6.71. The van der Waals surface area contributed by atoms with E-state index in [-0.39, 0.29) is 12.4 Å². The molecule has 1 aromatic carbocycles. The number of rotatable bonds is 4. The first kappa shape index (κ1) is 16.8. The SMILES string of the molecule is CCN(Cc1cc(Br)ccc1O)C1CCCCC1.Cl. The molecule has 1 fully saturated rings. The molecule has 108 valence electrons. The fourth-order valence-electron chi connectivity index (χ4n) is 2.84. The van der Waals surface area contributed by atoms with E-state index in [9.17, 15) is 5.11 Å². The average molecular weight is 349 g/mol. The third-order valence-electron chi connectivity index (χ3n) is 3.91. The van der Waals surface area contributed by atoms with Crippen LogP contribution in [0, 0.1) is 0 Å². The van der Waals surface area contributed by atoms with Crippen molar-refractivity contribution in [2.45, 2.75) is 51.6 Å². The standard InChI is InChI=1S/C15H22BrNO.ClH/c1-2-17(14-6-4-3-5-7-14)11-12-10-13(16)8-9-15(12)18;/h8-10,14,18H,2-7,11H2,1H3;1H. The van der Waals surface area contributed by atoms with E-state index in [1.165, 1.54) is 32.1 Å². The molecule has 1 N–H and O–H groups in total. The Labute approximate surface area is 130 Å². The predicted octanol–water partition coefficient (Wildman–Crippen LogP) is 4.73. The van der Waals surface area contributed by atoms with E-state index in [1.807, 2.05) is 12.1 Å². The van der Waals surface area contributed by atoms with E-state index in [0.29, 0.717) is 11.8 Å². The van der Waals surface area contributed by atoms with Crippen LogP contribution in [0.2, 0.25) is 0 Å². The molecule has 0 aliphatic heterocycles. The lowest BCUT2D eigenvalue weighted by atomic mass is 9.94. The minimum absolute atomic E-state index is 0. The normalized spacial score (nSPS) is 16.4. The highest BCUT2D eigenvalue weighted by atomic mass is 79.9. The minimum atomic E-state index is 0. The number of benzene rings is 1. The summed E-state index contributed by atoms with van der Waals surface area (Å²) in [5, 5.41) is 9.93. The Morgan fingerprint density at radius 1 is 1.26 bits per heavy atom. The molecule has 0 amide bonds. The largest absolute Gasteiger partial charge is 0.508 e. The van der Waals surface area contributed by atoms with Gasteiger partial charge in [-0.15, -0.1) is 12.4 Å². The predicted molar refractivity (Wildman–Crippen MR) is 86.0 cm³/mol. The van der Waals surface area contributed by atoms with Crippen molar-refractivity contribution < 1.29 is 5.11 Å². The molecule has 0 bridgehead atoms. The van der Waals surface area contributed by atoms with Crippen LogP contribution in [0.15, 0.2) is 22.7 Å². The number of hydrogen-bond acceptors (Lipinski definition) is 2. The molecule has 0 heterocycles. The van der Waals surface area contributed by atoms with Crippen molar-refractivity contribution in [3.8, 4) is 5.75 Å². The van der Waals surface area contributed by atoms with Gasteiger partial charge in [-0.2, -0.15) is 0 Å². The van der Waals surface area contributed by atoms with Gasteiger partial charge in [-0.3, -0.25) is 4.90 Å². The number of nitrogens with zero attached hydrogens (tertiary/aromatic N) is 1. The lowest BCUT2D eigenvalue weighted by molar-refractivity contribution is 0.154. The van der Waals surface area contributed by atoms with E-state index in [1.54, 1.807) is 6.07 Å². The van der Waals surface area contributed by atoms with Gasteiger partial charge in [0.25, 0.3) is 0 Å². The molecule has 0 aromatic heterocycles. The molecule has 0 atom stereocenters. The molecule has 4 heteroatoms. The first-order chi connectivity index (χ1) is 8.70. The monoisotopic (exact) mass is 347 g/mol. The van der Waals surface area contributed by atoms with Crippen molar-refractivity contribution in [2.24, 2.45) is 0 Å². The molecule has 1 saturated carbocycles. The fourth-order valence-corrected chi connectivity index (χ4v) is 3.25. The molecule has 1 aliphatic carbocycles. The zero-order chi connectivity index (χ0) is 13.0. The summed E-state index contributed by atoms with van der Waals surface area (Å²) >= 11 is 3.47. The van der Waals surface area contributed by atoms with Gasteiger partial charge in [0, 0.05) is 22.6 Å². The first-order valence-electron chi connectivity index (χ1n) is 6.92. The highest BCUT2D eigenvalue weighted by molar-refractivity contribution is 9.10. The number of halogens is 2. The summed E-state index contributed by atoms with van der Waals surface area (Å²) in [5.74, 6) is 0.410. The molecule has 2 rings (SSSR count). The van der Waals surface area contributed by atoms with E-state index >= 15 is 0 Å². The molecular weight excluding hydrogens is 326 g/mol. The van der Waals surface area contributed by atoms with Gasteiger partial charge < -0.3 is 5.11 Å². The van der Waals surface area contributed by atoms with Crippen LogP contribution in [0.4, 0.5) is 0 Å². The van der Waals surface area contributed by atoms with E-state index in [0.717, 1.165) is 23.1 Å². The minimum Gasteiger partial charge on any atom is -0.508 e. The first-order valence-corrected chi connectivity index (χ1v) is 7.71. The van der Waals surface area contributed by atoms with Crippen LogP contribution in [0.1, 0.15) is 44.6 Å². The van der Waals surface area contributed by atoms with Gasteiger partial charge in [0.15, 0.2) is 0 Å². The van der Waals surface area contributed by atoms with Gasteiger partial charge in [0.1, 0.15) is 5.75 Å². The maximum atomic E-state index is 9.93. The molecule has 19 heavy (non-hydrogen) atoms. The molecule has 0 saturated heterocycles. The fraction of sp³-hybridized carbons (Fsp3) is 0.600. The lowest BCUT2D eigenvalue weighted by Gasteiger charge is -2.33. The highest BCUT2D eigenvalue weighted by Crippen LogP contribution is 2.27. The van der Waals surface area contributed by atoms with E-state index in [2.05, 4.69) is 27.8 Å². The van der Waals surface area contributed by atoms with Crippen LogP contribution >= 0.6 is 28.3 Å². The third-order valence-corrected chi connectivity index (χ3v) is 4.41. The van der Waals surface area contributed by atoms with Crippen molar-refractivity contribution in [3.05, 3.63) is 28.2 Å². The zero-order valence-electron chi connectivity index (χ0n) is 11.4.